The fraction of sp³-hybridized carbons (Fsp3) is 0.429. The average Bonchev–Trinajstić information content (AvgIpc) is 1.90. The number of rotatable bonds is 3. The van der Waals surface area contributed by atoms with Gasteiger partial charge in [0, 0.05) is 6.54 Å². The van der Waals surface area contributed by atoms with Crippen LogP contribution in [0.5, 0.6) is 0 Å². The van der Waals surface area contributed by atoms with Gasteiger partial charge in [0.25, 0.3) is 0 Å². The summed E-state index contributed by atoms with van der Waals surface area (Å²) in [6.07, 6.45) is 1.65. The number of nitrogens with two attached hydrogens (primary N) is 1. The van der Waals surface area contributed by atoms with Gasteiger partial charge >= 0.3 is 0 Å². The number of hydrogen-bond acceptors (Lipinski definition) is 2. The summed E-state index contributed by atoms with van der Waals surface area (Å²) in [4.78, 5) is 0. The molecule has 0 rings (SSSR count). The summed E-state index contributed by atoms with van der Waals surface area (Å²) >= 11 is 0. The lowest BCUT2D eigenvalue weighted by atomic mass is 10.2. The van der Waals surface area contributed by atoms with Crippen LogP contribution in [0.3, 0.4) is 0 Å². The summed E-state index contributed by atoms with van der Waals surface area (Å²) in [6, 6.07) is 0. The molecule has 0 aromatic rings. The summed E-state index contributed by atoms with van der Waals surface area (Å²) in [5.74, 6) is 0.775. The molecule has 0 heterocycles. The molecule has 0 atom stereocenters. The molecule has 0 aromatic heterocycles. The minimum atomic E-state index is 0.523. The first-order valence-corrected chi connectivity index (χ1v) is 2.82. The summed E-state index contributed by atoms with van der Waals surface area (Å²) in [5, 5.41) is 0. The average molecular weight is 127 g/mol. The molecule has 0 amide bonds. The van der Waals surface area contributed by atoms with Crippen molar-refractivity contribution in [3.8, 4) is 0 Å². The molecule has 9 heavy (non-hydrogen) atoms. The lowest BCUT2D eigenvalue weighted by Gasteiger charge is -2.02. The van der Waals surface area contributed by atoms with Gasteiger partial charge in [0.1, 0.15) is 5.76 Å². The molecule has 0 fully saturated rings. The minimum Gasteiger partial charge on any atom is -0.497 e. The highest BCUT2D eigenvalue weighted by atomic mass is 16.5. The zero-order valence-electron chi connectivity index (χ0n) is 5.98. The van der Waals surface area contributed by atoms with E-state index in [1.165, 1.54) is 0 Å². The van der Waals surface area contributed by atoms with E-state index in [-0.39, 0.29) is 0 Å². The molecular weight excluding hydrogens is 114 g/mol. The summed E-state index contributed by atoms with van der Waals surface area (Å²) < 4.78 is 4.93. The van der Waals surface area contributed by atoms with Crippen LogP contribution in [0.1, 0.15) is 6.92 Å². The Morgan fingerprint density at radius 3 is 2.44 bits per heavy atom. The van der Waals surface area contributed by atoms with Crippen molar-refractivity contribution in [2.24, 2.45) is 5.73 Å². The molecule has 0 aliphatic carbocycles. The second-order valence-electron chi connectivity index (χ2n) is 1.76. The fourth-order valence-electron chi connectivity index (χ4n) is 0.532. The van der Waals surface area contributed by atoms with Gasteiger partial charge in [0.05, 0.1) is 7.11 Å². The second-order valence-corrected chi connectivity index (χ2v) is 1.76. The lowest BCUT2D eigenvalue weighted by Crippen LogP contribution is -2.03. The Balaban J connectivity index is 4.18. The molecular formula is C7H13NO. The molecule has 0 radical (unpaired) electrons. The maximum Gasteiger partial charge on any atom is 0.118 e. The zero-order valence-corrected chi connectivity index (χ0v) is 5.98. The van der Waals surface area contributed by atoms with Gasteiger partial charge in [0.2, 0.25) is 0 Å². The molecule has 0 unspecified atom stereocenters. The van der Waals surface area contributed by atoms with E-state index in [4.69, 9.17) is 10.5 Å². The van der Waals surface area contributed by atoms with Crippen LogP contribution in [0.4, 0.5) is 0 Å². The van der Waals surface area contributed by atoms with Crippen LogP contribution in [0.2, 0.25) is 0 Å². The summed E-state index contributed by atoms with van der Waals surface area (Å²) in [5.41, 5.74) is 6.36. The highest BCUT2D eigenvalue weighted by molar-refractivity contribution is 5.17. The van der Waals surface area contributed by atoms with E-state index in [0.29, 0.717) is 6.54 Å². The first-order valence-electron chi connectivity index (χ1n) is 2.82. The Bertz CT molecular complexity index is 127. The van der Waals surface area contributed by atoms with Gasteiger partial charge < -0.3 is 10.5 Å². The first-order chi connectivity index (χ1) is 4.26. The monoisotopic (exact) mass is 127 g/mol. The number of allylic oxidation sites excluding steroid dienone is 1. The van der Waals surface area contributed by atoms with Gasteiger partial charge in [-0.3, -0.25) is 0 Å². The Morgan fingerprint density at radius 2 is 2.33 bits per heavy atom. The predicted molar refractivity (Wildman–Crippen MR) is 39.0 cm³/mol. The van der Waals surface area contributed by atoms with Crippen LogP contribution in [-0.2, 0) is 4.74 Å². The second kappa shape index (κ2) is 4.15. The molecule has 0 spiro atoms. The SMILES string of the molecule is C=C/C(OC)=C(\C)CN. The van der Waals surface area contributed by atoms with E-state index >= 15 is 0 Å². The van der Waals surface area contributed by atoms with Crippen LogP contribution >= 0.6 is 0 Å². The molecule has 0 saturated carbocycles. The van der Waals surface area contributed by atoms with Crippen LogP contribution in [0, 0.1) is 0 Å². The van der Waals surface area contributed by atoms with Gasteiger partial charge in [0.15, 0.2) is 0 Å². The van der Waals surface area contributed by atoms with Gasteiger partial charge in [-0.1, -0.05) is 6.58 Å². The van der Waals surface area contributed by atoms with Gasteiger partial charge in [-0.05, 0) is 18.6 Å². The Labute approximate surface area is 56.0 Å². The molecule has 0 aromatic carbocycles. The number of ether oxygens (including phenoxy) is 1. The van der Waals surface area contributed by atoms with E-state index in [1.807, 2.05) is 6.92 Å². The Morgan fingerprint density at radius 1 is 1.78 bits per heavy atom. The van der Waals surface area contributed by atoms with Crippen molar-refractivity contribution in [2.45, 2.75) is 6.92 Å². The lowest BCUT2D eigenvalue weighted by molar-refractivity contribution is 0.302. The van der Waals surface area contributed by atoms with Crippen LogP contribution < -0.4 is 5.73 Å². The molecule has 52 valence electrons. The van der Waals surface area contributed by atoms with E-state index in [0.717, 1.165) is 11.3 Å². The van der Waals surface area contributed by atoms with Crippen LogP contribution in [0.15, 0.2) is 24.0 Å². The molecule has 2 heteroatoms. The van der Waals surface area contributed by atoms with Crippen molar-refractivity contribution in [2.75, 3.05) is 13.7 Å². The summed E-state index contributed by atoms with van der Waals surface area (Å²) in [7, 11) is 1.61. The van der Waals surface area contributed by atoms with E-state index in [9.17, 15) is 0 Å². The maximum absolute atomic E-state index is 5.34. The molecule has 0 bridgehead atoms. The number of methoxy groups -OCH3 is 1. The maximum atomic E-state index is 5.34. The largest absolute Gasteiger partial charge is 0.497 e. The highest BCUT2D eigenvalue weighted by Gasteiger charge is 1.92. The minimum absolute atomic E-state index is 0.523. The van der Waals surface area contributed by atoms with Crippen molar-refractivity contribution in [1.29, 1.82) is 0 Å². The van der Waals surface area contributed by atoms with Crippen LogP contribution in [-0.4, -0.2) is 13.7 Å². The molecule has 0 saturated heterocycles. The third-order valence-electron chi connectivity index (χ3n) is 1.13. The number of hydrogen-bond donors (Lipinski definition) is 1. The van der Waals surface area contributed by atoms with Crippen molar-refractivity contribution < 1.29 is 4.74 Å². The Kier molecular flexibility index (Phi) is 3.80. The van der Waals surface area contributed by atoms with Gasteiger partial charge in [-0.15, -0.1) is 0 Å². The predicted octanol–water partition coefficient (Wildman–Crippen LogP) is 1.05. The van der Waals surface area contributed by atoms with Gasteiger partial charge in [-0.2, -0.15) is 0 Å². The quantitative estimate of drug-likeness (QED) is 0.454. The van der Waals surface area contributed by atoms with Crippen LogP contribution in [0.25, 0.3) is 0 Å². The highest BCUT2D eigenvalue weighted by Crippen LogP contribution is 2.02. The third-order valence-corrected chi connectivity index (χ3v) is 1.13. The molecule has 0 aliphatic rings. The van der Waals surface area contributed by atoms with Crippen molar-refractivity contribution in [3.63, 3.8) is 0 Å². The van der Waals surface area contributed by atoms with Crippen molar-refractivity contribution in [1.82, 2.24) is 0 Å². The fourth-order valence-corrected chi connectivity index (χ4v) is 0.532. The molecule has 0 aliphatic heterocycles. The standard InChI is InChI=1S/C7H13NO/c1-4-7(9-3)6(2)5-8/h4H,1,5,8H2,2-3H3/b7-6-. The Hall–Kier alpha value is -0.760. The van der Waals surface area contributed by atoms with E-state index in [2.05, 4.69) is 6.58 Å². The van der Waals surface area contributed by atoms with Crippen molar-refractivity contribution in [3.05, 3.63) is 24.0 Å². The van der Waals surface area contributed by atoms with Crippen molar-refractivity contribution >= 4 is 0 Å². The zero-order chi connectivity index (χ0) is 7.28. The first kappa shape index (κ1) is 8.24. The molecule has 2 nitrogen and oxygen atoms in total. The summed E-state index contributed by atoms with van der Waals surface area (Å²) in [6.45, 7) is 6.00. The normalized spacial score (nSPS) is 12.3. The van der Waals surface area contributed by atoms with Gasteiger partial charge in [-0.25, -0.2) is 0 Å². The molecule has 2 N–H and O–H groups in total. The topological polar surface area (TPSA) is 35.2 Å². The van der Waals surface area contributed by atoms with E-state index < -0.39 is 0 Å². The smallest absolute Gasteiger partial charge is 0.118 e. The third kappa shape index (κ3) is 2.33. The van der Waals surface area contributed by atoms with E-state index in [1.54, 1.807) is 13.2 Å².